The normalized spacial score (nSPS) is 11.0. The lowest BCUT2D eigenvalue weighted by molar-refractivity contribution is 1.28. The van der Waals surface area contributed by atoms with Crippen LogP contribution in [-0.4, -0.2) is 0 Å². The highest BCUT2D eigenvalue weighted by molar-refractivity contribution is 9.11. The van der Waals surface area contributed by atoms with E-state index >= 15 is 0 Å². The lowest BCUT2D eigenvalue weighted by atomic mass is 10.2. The average molecular weight is 558 g/mol. The molecule has 0 heterocycles. The molecule has 2 aromatic carbocycles. The van der Waals surface area contributed by atoms with Crippen LogP contribution in [0.4, 0.5) is 0 Å². The Labute approximate surface area is 164 Å². The predicted octanol–water partition coefficient (Wildman–Crippen LogP) is 7.79. The molecular weight excluding hydrogens is 544 g/mol. The molecule has 21 heavy (non-hydrogen) atoms. The number of thioether (sulfide) groups is 1. The second-order valence-electron chi connectivity index (χ2n) is 4.88. The van der Waals surface area contributed by atoms with Crippen molar-refractivity contribution < 1.29 is 0 Å². The predicted molar refractivity (Wildman–Crippen MR) is 108 cm³/mol. The fourth-order valence-corrected chi connectivity index (χ4v) is 5.24. The van der Waals surface area contributed by atoms with E-state index in [1.165, 1.54) is 40.1 Å². The first kappa shape index (κ1) is 18.1. The SMILES string of the molecule is Cc1cc(Br)c(CSCc2cc(Br)c(C)cc2Br)cc1Br. The molecule has 2 aromatic rings. The summed E-state index contributed by atoms with van der Waals surface area (Å²) >= 11 is 16.4. The van der Waals surface area contributed by atoms with Gasteiger partial charge in [-0.2, -0.15) is 11.8 Å². The molecule has 0 radical (unpaired) electrons. The monoisotopic (exact) mass is 554 g/mol. The fourth-order valence-electron chi connectivity index (χ4n) is 1.87. The Morgan fingerprint density at radius 3 is 1.43 bits per heavy atom. The zero-order valence-corrected chi connectivity index (χ0v) is 18.8. The van der Waals surface area contributed by atoms with E-state index < -0.39 is 0 Å². The van der Waals surface area contributed by atoms with Crippen molar-refractivity contribution in [2.75, 3.05) is 0 Å². The first-order valence-electron chi connectivity index (χ1n) is 6.35. The summed E-state index contributed by atoms with van der Waals surface area (Å²) < 4.78 is 4.70. The van der Waals surface area contributed by atoms with Crippen molar-refractivity contribution in [3.8, 4) is 0 Å². The van der Waals surface area contributed by atoms with Crippen LogP contribution >= 0.6 is 75.5 Å². The van der Waals surface area contributed by atoms with Crippen LogP contribution in [0, 0.1) is 13.8 Å². The van der Waals surface area contributed by atoms with E-state index in [1.807, 2.05) is 11.8 Å². The molecule has 0 saturated carbocycles. The minimum Gasteiger partial charge on any atom is -0.152 e. The van der Waals surface area contributed by atoms with Gasteiger partial charge in [-0.1, -0.05) is 63.7 Å². The number of hydrogen-bond acceptors (Lipinski definition) is 1. The van der Waals surface area contributed by atoms with Crippen LogP contribution < -0.4 is 0 Å². The van der Waals surface area contributed by atoms with Gasteiger partial charge < -0.3 is 0 Å². The third kappa shape index (κ3) is 4.84. The molecule has 0 spiro atoms. The zero-order chi connectivity index (χ0) is 15.6. The number of hydrogen-bond donors (Lipinski definition) is 0. The highest BCUT2D eigenvalue weighted by atomic mass is 79.9. The van der Waals surface area contributed by atoms with Gasteiger partial charge in [0.05, 0.1) is 0 Å². The highest BCUT2D eigenvalue weighted by Crippen LogP contribution is 2.32. The molecule has 0 unspecified atom stereocenters. The Hall–Kier alpha value is 0.710. The fraction of sp³-hybridized carbons (Fsp3) is 0.250. The molecular formula is C16H14Br4S. The lowest BCUT2D eigenvalue weighted by Crippen LogP contribution is -1.90. The molecule has 0 atom stereocenters. The van der Waals surface area contributed by atoms with Crippen LogP contribution in [0.3, 0.4) is 0 Å². The molecule has 0 amide bonds. The maximum atomic E-state index is 3.65. The van der Waals surface area contributed by atoms with Crippen molar-refractivity contribution >= 4 is 75.5 Å². The summed E-state index contributed by atoms with van der Waals surface area (Å²) in [5.41, 5.74) is 5.14. The number of benzene rings is 2. The van der Waals surface area contributed by atoms with Gasteiger partial charge in [-0.15, -0.1) is 0 Å². The molecule has 0 aliphatic carbocycles. The molecule has 0 N–H and O–H groups in total. The lowest BCUT2D eigenvalue weighted by Gasteiger charge is -2.10. The van der Waals surface area contributed by atoms with E-state index in [0.717, 1.165) is 11.5 Å². The second-order valence-corrected chi connectivity index (χ2v) is 9.28. The quantitative estimate of drug-likeness (QED) is 0.370. The first-order valence-corrected chi connectivity index (χ1v) is 10.7. The number of rotatable bonds is 4. The summed E-state index contributed by atoms with van der Waals surface area (Å²) in [6.45, 7) is 4.21. The van der Waals surface area contributed by atoms with Gasteiger partial charge in [0.15, 0.2) is 0 Å². The Kier molecular flexibility index (Phi) is 6.88. The minimum atomic E-state index is 0.984. The van der Waals surface area contributed by atoms with Crippen molar-refractivity contribution in [3.05, 3.63) is 64.4 Å². The Morgan fingerprint density at radius 1 is 0.667 bits per heavy atom. The molecule has 0 saturated heterocycles. The molecule has 0 bridgehead atoms. The summed E-state index contributed by atoms with van der Waals surface area (Å²) in [5, 5.41) is 0. The van der Waals surface area contributed by atoms with Crippen molar-refractivity contribution in [2.24, 2.45) is 0 Å². The van der Waals surface area contributed by atoms with Gasteiger partial charge in [0.2, 0.25) is 0 Å². The van der Waals surface area contributed by atoms with Crippen LogP contribution in [0.15, 0.2) is 42.2 Å². The molecule has 0 fully saturated rings. The van der Waals surface area contributed by atoms with Crippen molar-refractivity contribution in [1.82, 2.24) is 0 Å². The summed E-state index contributed by atoms with van der Waals surface area (Å²) in [4.78, 5) is 0. The summed E-state index contributed by atoms with van der Waals surface area (Å²) in [5.74, 6) is 1.97. The maximum absolute atomic E-state index is 3.65. The largest absolute Gasteiger partial charge is 0.152 e. The zero-order valence-electron chi connectivity index (χ0n) is 11.6. The molecule has 0 nitrogen and oxygen atoms in total. The van der Waals surface area contributed by atoms with E-state index in [4.69, 9.17) is 0 Å². The number of halogens is 4. The minimum absolute atomic E-state index is 0.984. The molecule has 5 heteroatoms. The van der Waals surface area contributed by atoms with Gasteiger partial charge in [-0.3, -0.25) is 0 Å². The maximum Gasteiger partial charge on any atom is 0.0219 e. The highest BCUT2D eigenvalue weighted by Gasteiger charge is 2.07. The van der Waals surface area contributed by atoms with Gasteiger partial charge in [-0.25, -0.2) is 0 Å². The summed E-state index contributed by atoms with van der Waals surface area (Å²) in [6.07, 6.45) is 0. The molecule has 0 aliphatic heterocycles. The Bertz CT molecular complexity index is 610. The summed E-state index contributed by atoms with van der Waals surface area (Å²) in [6, 6.07) is 8.73. The third-order valence-corrected chi connectivity index (χ3v) is 7.39. The smallest absolute Gasteiger partial charge is 0.0219 e. The van der Waals surface area contributed by atoms with Gasteiger partial charge in [0, 0.05) is 29.4 Å². The third-order valence-electron chi connectivity index (χ3n) is 3.17. The van der Waals surface area contributed by atoms with E-state index in [9.17, 15) is 0 Å². The van der Waals surface area contributed by atoms with Crippen molar-refractivity contribution in [2.45, 2.75) is 25.4 Å². The van der Waals surface area contributed by atoms with Crippen molar-refractivity contribution in [3.63, 3.8) is 0 Å². The van der Waals surface area contributed by atoms with Crippen LogP contribution in [0.2, 0.25) is 0 Å². The average Bonchev–Trinajstić information content (AvgIpc) is 2.41. The molecule has 0 aromatic heterocycles. The summed E-state index contributed by atoms with van der Waals surface area (Å²) in [7, 11) is 0. The van der Waals surface area contributed by atoms with Gasteiger partial charge in [-0.05, 0) is 60.4 Å². The van der Waals surface area contributed by atoms with E-state index in [0.29, 0.717) is 0 Å². The molecule has 2 rings (SSSR count). The second kappa shape index (κ2) is 8.00. The van der Waals surface area contributed by atoms with Crippen LogP contribution in [0.1, 0.15) is 22.3 Å². The van der Waals surface area contributed by atoms with E-state index in [-0.39, 0.29) is 0 Å². The number of aryl methyl sites for hydroxylation is 2. The van der Waals surface area contributed by atoms with Crippen molar-refractivity contribution in [1.29, 1.82) is 0 Å². The Balaban J connectivity index is 2.05. The van der Waals surface area contributed by atoms with Gasteiger partial charge in [0.25, 0.3) is 0 Å². The molecule has 0 aliphatic rings. The standard InChI is InChI=1S/C16H14Br4S/c1-9-3-15(19)11(5-13(9)17)7-21-8-12-6-14(18)10(2)4-16(12)20/h3-6H,7-8H2,1-2H3. The van der Waals surface area contributed by atoms with Crippen LogP contribution in [0.5, 0.6) is 0 Å². The van der Waals surface area contributed by atoms with E-state index in [2.05, 4.69) is 102 Å². The van der Waals surface area contributed by atoms with Crippen LogP contribution in [0.25, 0.3) is 0 Å². The van der Waals surface area contributed by atoms with Gasteiger partial charge in [0.1, 0.15) is 0 Å². The van der Waals surface area contributed by atoms with Crippen LogP contribution in [-0.2, 0) is 11.5 Å². The van der Waals surface area contributed by atoms with Gasteiger partial charge >= 0.3 is 0 Å². The van der Waals surface area contributed by atoms with E-state index in [1.54, 1.807) is 0 Å². The Morgan fingerprint density at radius 2 is 1.05 bits per heavy atom. The first-order chi connectivity index (χ1) is 9.88. The topological polar surface area (TPSA) is 0 Å². The molecule has 112 valence electrons.